The molecule has 4 atom stereocenters. The van der Waals surface area contributed by atoms with Gasteiger partial charge in [0.1, 0.15) is 12.2 Å². The number of ether oxygens (including phenoxy) is 3. The predicted molar refractivity (Wildman–Crippen MR) is 78.0 cm³/mol. The molecule has 2 heterocycles. The lowest BCUT2D eigenvalue weighted by Crippen LogP contribution is -2.49. The fraction of sp³-hybridized carbons (Fsp3) is 0.625. The van der Waals surface area contributed by atoms with Crippen molar-refractivity contribution in [2.45, 2.75) is 51.9 Å². The van der Waals surface area contributed by atoms with Gasteiger partial charge in [0.25, 0.3) is 0 Å². The first kappa shape index (κ1) is 13.9. The summed E-state index contributed by atoms with van der Waals surface area (Å²) in [5.41, 5.74) is 5.34. The van der Waals surface area contributed by atoms with Gasteiger partial charge >= 0.3 is 0 Å². The van der Waals surface area contributed by atoms with Gasteiger partial charge in [0.2, 0.25) is 0 Å². The van der Waals surface area contributed by atoms with Crippen LogP contribution in [0.15, 0.2) is 12.1 Å². The number of rotatable bonds is 3. The fourth-order valence-electron chi connectivity index (χ4n) is 3.46. The van der Waals surface area contributed by atoms with Crippen LogP contribution in [0, 0.1) is 13.8 Å². The van der Waals surface area contributed by atoms with Gasteiger partial charge in [-0.1, -0.05) is 6.07 Å². The molecule has 0 spiro atoms. The van der Waals surface area contributed by atoms with Crippen LogP contribution in [0.4, 0.5) is 5.69 Å². The summed E-state index contributed by atoms with van der Waals surface area (Å²) in [4.78, 5) is 2.29. The lowest BCUT2D eigenvalue weighted by Gasteiger charge is -2.43. The SMILES string of the molecule is COC1C(OC)[C@@H](N2Cc3c(C)cc(C)cc32)O[C@H]1C. The maximum absolute atomic E-state index is 6.08. The van der Waals surface area contributed by atoms with Crippen LogP contribution in [0.25, 0.3) is 0 Å². The van der Waals surface area contributed by atoms with Crippen molar-refractivity contribution < 1.29 is 14.2 Å². The van der Waals surface area contributed by atoms with Gasteiger partial charge in [-0.25, -0.2) is 0 Å². The van der Waals surface area contributed by atoms with Crippen LogP contribution in [-0.4, -0.2) is 38.8 Å². The van der Waals surface area contributed by atoms with Gasteiger partial charge < -0.3 is 19.1 Å². The Morgan fingerprint density at radius 1 is 1.15 bits per heavy atom. The van der Waals surface area contributed by atoms with Crippen LogP contribution in [0.3, 0.4) is 0 Å². The first-order chi connectivity index (χ1) is 9.56. The maximum atomic E-state index is 6.08. The molecule has 4 heteroatoms. The third kappa shape index (κ3) is 1.94. The normalized spacial score (nSPS) is 32.1. The second kappa shape index (κ2) is 5.02. The minimum Gasteiger partial charge on any atom is -0.376 e. The Bertz CT molecular complexity index is 517. The molecule has 1 saturated heterocycles. The molecular weight excluding hydrogens is 254 g/mol. The quantitative estimate of drug-likeness (QED) is 0.849. The van der Waals surface area contributed by atoms with E-state index in [-0.39, 0.29) is 24.5 Å². The number of fused-ring (bicyclic) bond motifs is 1. The van der Waals surface area contributed by atoms with Gasteiger partial charge in [-0.05, 0) is 43.5 Å². The van der Waals surface area contributed by atoms with Gasteiger partial charge in [-0.2, -0.15) is 0 Å². The smallest absolute Gasteiger partial charge is 0.160 e. The van der Waals surface area contributed by atoms with Crippen molar-refractivity contribution in [3.8, 4) is 0 Å². The number of methoxy groups -OCH3 is 2. The molecule has 110 valence electrons. The number of aryl methyl sites for hydroxylation is 2. The summed E-state index contributed by atoms with van der Waals surface area (Å²) in [7, 11) is 3.45. The average molecular weight is 277 g/mol. The maximum Gasteiger partial charge on any atom is 0.160 e. The monoisotopic (exact) mass is 277 g/mol. The van der Waals surface area contributed by atoms with E-state index in [4.69, 9.17) is 14.2 Å². The third-order valence-electron chi connectivity index (χ3n) is 4.50. The van der Waals surface area contributed by atoms with Crippen molar-refractivity contribution in [3.05, 3.63) is 28.8 Å². The third-order valence-corrected chi connectivity index (χ3v) is 4.50. The summed E-state index contributed by atoms with van der Waals surface area (Å²) in [6.45, 7) is 7.28. The molecule has 0 saturated carbocycles. The van der Waals surface area contributed by atoms with Crippen molar-refractivity contribution in [1.82, 2.24) is 0 Å². The Hall–Kier alpha value is -1.10. The van der Waals surface area contributed by atoms with Crippen LogP contribution in [-0.2, 0) is 20.8 Å². The number of hydrogen-bond acceptors (Lipinski definition) is 4. The van der Waals surface area contributed by atoms with Gasteiger partial charge in [-0.15, -0.1) is 0 Å². The second-order valence-electron chi connectivity index (χ2n) is 5.84. The zero-order chi connectivity index (χ0) is 14.4. The minimum atomic E-state index is -0.0614. The number of nitrogens with zero attached hydrogens (tertiary/aromatic N) is 1. The van der Waals surface area contributed by atoms with E-state index in [1.54, 1.807) is 14.2 Å². The van der Waals surface area contributed by atoms with Crippen molar-refractivity contribution in [1.29, 1.82) is 0 Å². The summed E-state index contributed by atoms with van der Waals surface area (Å²) < 4.78 is 17.3. The fourth-order valence-corrected chi connectivity index (χ4v) is 3.46. The Balaban J connectivity index is 1.88. The highest BCUT2D eigenvalue weighted by molar-refractivity contribution is 5.67. The van der Waals surface area contributed by atoms with Crippen LogP contribution in [0.1, 0.15) is 23.6 Å². The molecular formula is C16H23NO3. The van der Waals surface area contributed by atoms with Gasteiger partial charge in [-0.3, -0.25) is 0 Å². The van der Waals surface area contributed by atoms with Crippen LogP contribution in [0.2, 0.25) is 0 Å². The van der Waals surface area contributed by atoms with Crippen LogP contribution in [0.5, 0.6) is 0 Å². The highest BCUT2D eigenvalue weighted by Crippen LogP contribution is 2.41. The molecule has 2 aliphatic rings. The Morgan fingerprint density at radius 2 is 1.85 bits per heavy atom. The Labute approximate surface area is 120 Å². The molecule has 4 nitrogen and oxygen atoms in total. The Morgan fingerprint density at radius 3 is 2.50 bits per heavy atom. The second-order valence-corrected chi connectivity index (χ2v) is 5.84. The van der Waals surface area contributed by atoms with E-state index in [1.165, 1.54) is 22.4 Å². The summed E-state index contributed by atoms with van der Waals surface area (Å²) in [5.74, 6) is 0. The molecule has 2 unspecified atom stereocenters. The molecule has 1 fully saturated rings. The number of benzene rings is 1. The van der Waals surface area contributed by atoms with Gasteiger partial charge in [0, 0.05) is 26.5 Å². The average Bonchev–Trinajstić information content (AvgIpc) is 2.69. The molecule has 0 aromatic heterocycles. The zero-order valence-corrected chi connectivity index (χ0v) is 12.8. The molecule has 0 N–H and O–H groups in total. The summed E-state index contributed by atoms with van der Waals surface area (Å²) in [6.07, 6.45) is -0.0810. The first-order valence-electron chi connectivity index (χ1n) is 7.14. The van der Waals surface area contributed by atoms with Crippen molar-refractivity contribution >= 4 is 5.69 Å². The van der Waals surface area contributed by atoms with E-state index in [1.807, 2.05) is 6.92 Å². The first-order valence-corrected chi connectivity index (χ1v) is 7.14. The molecule has 3 rings (SSSR count). The molecule has 0 radical (unpaired) electrons. The molecule has 0 aliphatic carbocycles. The largest absolute Gasteiger partial charge is 0.376 e. The molecule has 20 heavy (non-hydrogen) atoms. The predicted octanol–water partition coefficient (Wildman–Crippen LogP) is 2.40. The molecule has 0 bridgehead atoms. The topological polar surface area (TPSA) is 30.9 Å². The number of hydrogen-bond donors (Lipinski definition) is 0. The summed E-state index contributed by atoms with van der Waals surface area (Å²) in [6, 6.07) is 4.47. The Kier molecular flexibility index (Phi) is 3.48. The standard InChI is InChI=1S/C16H23NO3/c1-9-6-10(2)12-8-17(13(12)7-9)16-15(19-5)14(18-4)11(3)20-16/h6-7,11,14-16H,8H2,1-5H3/t11-,14?,15?,16-/m0/s1. The number of anilines is 1. The lowest BCUT2D eigenvalue weighted by molar-refractivity contribution is -0.0281. The van der Waals surface area contributed by atoms with Crippen molar-refractivity contribution in [2.75, 3.05) is 19.1 Å². The van der Waals surface area contributed by atoms with Crippen LogP contribution >= 0.6 is 0 Å². The summed E-state index contributed by atoms with van der Waals surface area (Å²) in [5, 5.41) is 0. The molecule has 1 aromatic carbocycles. The van der Waals surface area contributed by atoms with E-state index in [0.717, 1.165) is 6.54 Å². The molecule has 2 aliphatic heterocycles. The van der Waals surface area contributed by atoms with Crippen LogP contribution < -0.4 is 4.90 Å². The van der Waals surface area contributed by atoms with Crippen molar-refractivity contribution in [3.63, 3.8) is 0 Å². The minimum absolute atomic E-state index is 0.0139. The zero-order valence-electron chi connectivity index (χ0n) is 12.8. The van der Waals surface area contributed by atoms with E-state index in [9.17, 15) is 0 Å². The van der Waals surface area contributed by atoms with E-state index in [2.05, 4.69) is 30.9 Å². The molecule has 0 amide bonds. The van der Waals surface area contributed by atoms with Crippen molar-refractivity contribution in [2.24, 2.45) is 0 Å². The summed E-state index contributed by atoms with van der Waals surface area (Å²) >= 11 is 0. The van der Waals surface area contributed by atoms with E-state index >= 15 is 0 Å². The molecule has 1 aromatic rings. The van der Waals surface area contributed by atoms with Gasteiger partial charge in [0.05, 0.1) is 6.10 Å². The van der Waals surface area contributed by atoms with E-state index in [0.29, 0.717) is 0 Å². The lowest BCUT2D eigenvalue weighted by atomic mass is 9.94. The van der Waals surface area contributed by atoms with Gasteiger partial charge in [0.15, 0.2) is 6.23 Å². The highest BCUT2D eigenvalue weighted by atomic mass is 16.6. The highest BCUT2D eigenvalue weighted by Gasteiger charge is 2.48. The van der Waals surface area contributed by atoms with E-state index < -0.39 is 0 Å².